The minimum atomic E-state index is -0.323. The van der Waals surface area contributed by atoms with E-state index < -0.39 is 0 Å². The van der Waals surface area contributed by atoms with Gasteiger partial charge in [-0.15, -0.1) is 0 Å². The molecule has 3 rings (SSSR count). The zero-order valence-electron chi connectivity index (χ0n) is 13.4. The number of aromatic nitrogens is 2. The number of rotatable bonds is 3. The highest BCUT2D eigenvalue weighted by Crippen LogP contribution is 2.24. The number of hydrogen-bond acceptors (Lipinski definition) is 3. The molecule has 1 aromatic heterocycles. The van der Waals surface area contributed by atoms with Gasteiger partial charge in [-0.3, -0.25) is 14.2 Å². The fraction of sp³-hybridized carbons (Fsp3) is 0.471. The number of amides is 1. The number of carbonyl (C=O) groups is 1. The maximum absolute atomic E-state index is 12.6. The first-order valence-electron chi connectivity index (χ1n) is 8.09. The lowest BCUT2D eigenvalue weighted by Gasteiger charge is -2.29. The van der Waals surface area contributed by atoms with Crippen LogP contribution in [0.2, 0.25) is 10.0 Å². The monoisotopic (exact) mass is 367 g/mol. The Labute approximate surface area is 150 Å². The Morgan fingerprint density at radius 2 is 2.08 bits per heavy atom. The molecule has 0 bridgehead atoms. The maximum Gasteiger partial charge on any atom is 0.261 e. The van der Waals surface area contributed by atoms with E-state index in [2.05, 4.69) is 17.2 Å². The van der Waals surface area contributed by atoms with Crippen LogP contribution in [0, 0.1) is 5.92 Å². The smallest absolute Gasteiger partial charge is 0.261 e. The molecule has 7 heteroatoms. The van der Waals surface area contributed by atoms with Crippen molar-refractivity contribution in [3.05, 3.63) is 38.9 Å². The van der Waals surface area contributed by atoms with E-state index in [1.165, 1.54) is 23.4 Å². The van der Waals surface area contributed by atoms with Gasteiger partial charge in [0.1, 0.15) is 6.54 Å². The lowest BCUT2D eigenvalue weighted by molar-refractivity contribution is -0.123. The predicted octanol–water partition coefficient (Wildman–Crippen LogP) is 3.40. The number of fused-ring (bicyclic) bond motifs is 1. The van der Waals surface area contributed by atoms with Crippen molar-refractivity contribution in [1.82, 2.24) is 14.9 Å². The molecule has 0 saturated heterocycles. The third kappa shape index (κ3) is 3.57. The van der Waals surface area contributed by atoms with E-state index >= 15 is 0 Å². The summed E-state index contributed by atoms with van der Waals surface area (Å²) in [6, 6.07) is 3.24. The number of hydrogen-bond donors (Lipinski definition) is 1. The molecule has 2 atom stereocenters. The first kappa shape index (κ1) is 17.2. The average Bonchev–Trinajstić information content (AvgIpc) is 2.53. The van der Waals surface area contributed by atoms with E-state index in [-0.39, 0.29) is 24.1 Å². The molecule has 0 unspecified atom stereocenters. The maximum atomic E-state index is 12.6. The average molecular weight is 368 g/mol. The van der Waals surface area contributed by atoms with E-state index in [1.54, 1.807) is 6.07 Å². The number of nitrogens with zero attached hydrogens (tertiary/aromatic N) is 2. The van der Waals surface area contributed by atoms with Crippen molar-refractivity contribution in [2.75, 3.05) is 0 Å². The lowest BCUT2D eigenvalue weighted by atomic mass is 9.86. The second-order valence-corrected chi connectivity index (χ2v) is 7.24. The standard InChI is InChI=1S/C17H19Cl2N3O2/c1-10-4-2-3-5-14(10)21-15(23)8-22-9-20-16-12(17(22)24)6-11(18)7-13(16)19/h6-7,9-10,14H,2-5,8H2,1H3,(H,21,23)/t10-,14-/m0/s1. The Hall–Kier alpha value is -1.59. The molecule has 0 spiro atoms. The highest BCUT2D eigenvalue weighted by atomic mass is 35.5. The van der Waals surface area contributed by atoms with E-state index in [0.717, 1.165) is 19.3 Å². The first-order valence-corrected chi connectivity index (χ1v) is 8.85. The summed E-state index contributed by atoms with van der Waals surface area (Å²) in [7, 11) is 0. The largest absolute Gasteiger partial charge is 0.352 e. The molecular formula is C17H19Cl2N3O2. The zero-order valence-corrected chi connectivity index (χ0v) is 14.9. The first-order chi connectivity index (χ1) is 11.5. The van der Waals surface area contributed by atoms with E-state index in [9.17, 15) is 9.59 Å². The van der Waals surface area contributed by atoms with Crippen LogP contribution in [-0.2, 0) is 11.3 Å². The van der Waals surface area contributed by atoms with Crippen LogP contribution in [0.5, 0.6) is 0 Å². The van der Waals surface area contributed by atoms with Crippen molar-refractivity contribution < 1.29 is 4.79 Å². The highest BCUT2D eigenvalue weighted by molar-refractivity contribution is 6.38. The van der Waals surface area contributed by atoms with Crippen molar-refractivity contribution in [1.29, 1.82) is 0 Å². The van der Waals surface area contributed by atoms with E-state index in [0.29, 0.717) is 26.9 Å². The SMILES string of the molecule is C[C@H]1CCCC[C@@H]1NC(=O)Cn1cnc2c(Cl)cc(Cl)cc2c1=O. The summed E-state index contributed by atoms with van der Waals surface area (Å²) < 4.78 is 1.29. The quantitative estimate of drug-likeness (QED) is 0.903. The number of benzene rings is 1. The molecule has 1 aliphatic rings. The third-order valence-corrected chi connectivity index (χ3v) is 5.12. The van der Waals surface area contributed by atoms with Gasteiger partial charge in [-0.1, -0.05) is 43.0 Å². The molecule has 5 nitrogen and oxygen atoms in total. The van der Waals surface area contributed by atoms with Gasteiger partial charge in [0.15, 0.2) is 0 Å². The summed E-state index contributed by atoms with van der Waals surface area (Å²) in [5, 5.41) is 4.04. The van der Waals surface area contributed by atoms with E-state index in [4.69, 9.17) is 23.2 Å². The topological polar surface area (TPSA) is 64.0 Å². The Balaban J connectivity index is 1.81. The molecule has 0 radical (unpaired) electrons. The van der Waals surface area contributed by atoms with Crippen molar-refractivity contribution in [3.8, 4) is 0 Å². The van der Waals surface area contributed by atoms with Gasteiger partial charge in [-0.2, -0.15) is 0 Å². The number of carbonyl (C=O) groups excluding carboxylic acids is 1. The van der Waals surface area contributed by atoms with Crippen LogP contribution in [0.15, 0.2) is 23.3 Å². The van der Waals surface area contributed by atoms with Crippen molar-refractivity contribution in [2.45, 2.75) is 45.2 Å². The molecule has 1 amide bonds. The van der Waals surface area contributed by atoms with Gasteiger partial charge in [0.05, 0.1) is 22.3 Å². The molecular weight excluding hydrogens is 349 g/mol. The Bertz CT molecular complexity index is 834. The molecule has 1 aromatic carbocycles. The number of nitrogens with one attached hydrogen (secondary N) is 1. The van der Waals surface area contributed by atoms with Gasteiger partial charge in [-0.25, -0.2) is 4.98 Å². The van der Waals surface area contributed by atoms with E-state index in [1.807, 2.05) is 0 Å². The second-order valence-electron chi connectivity index (χ2n) is 6.40. The normalized spacial score (nSPS) is 21.0. The Morgan fingerprint density at radius 1 is 1.33 bits per heavy atom. The van der Waals surface area contributed by atoms with Gasteiger partial charge < -0.3 is 5.32 Å². The second kappa shape index (κ2) is 7.11. The zero-order chi connectivity index (χ0) is 17.3. The van der Waals surface area contributed by atoms with Gasteiger partial charge in [0, 0.05) is 11.1 Å². The number of halogens is 2. The summed E-state index contributed by atoms with van der Waals surface area (Å²) in [5.74, 6) is 0.289. The summed E-state index contributed by atoms with van der Waals surface area (Å²) in [6.45, 7) is 2.09. The van der Waals surface area contributed by atoms with Gasteiger partial charge in [-0.05, 0) is 30.9 Å². The van der Waals surface area contributed by atoms with Crippen molar-refractivity contribution in [3.63, 3.8) is 0 Å². The molecule has 1 saturated carbocycles. The summed E-state index contributed by atoms with van der Waals surface area (Å²) in [5.41, 5.74) is 0.0693. The Kier molecular flexibility index (Phi) is 5.11. The third-order valence-electron chi connectivity index (χ3n) is 4.62. The van der Waals surface area contributed by atoms with Gasteiger partial charge in [0.2, 0.25) is 5.91 Å². The molecule has 1 N–H and O–H groups in total. The molecule has 1 aliphatic carbocycles. The minimum absolute atomic E-state index is 0.0604. The van der Waals surface area contributed by atoms with Crippen LogP contribution < -0.4 is 10.9 Å². The minimum Gasteiger partial charge on any atom is -0.352 e. The summed E-state index contributed by atoms with van der Waals surface area (Å²) in [6.07, 6.45) is 5.81. The molecule has 1 fully saturated rings. The van der Waals surface area contributed by atoms with Gasteiger partial charge in [0.25, 0.3) is 5.56 Å². The van der Waals surface area contributed by atoms with Crippen LogP contribution in [0.1, 0.15) is 32.6 Å². The highest BCUT2D eigenvalue weighted by Gasteiger charge is 2.23. The fourth-order valence-electron chi connectivity index (χ4n) is 3.25. The predicted molar refractivity (Wildman–Crippen MR) is 95.6 cm³/mol. The van der Waals surface area contributed by atoms with Crippen molar-refractivity contribution >= 4 is 40.0 Å². The molecule has 128 valence electrons. The lowest BCUT2D eigenvalue weighted by Crippen LogP contribution is -2.43. The molecule has 2 aromatic rings. The van der Waals surface area contributed by atoms with Crippen LogP contribution >= 0.6 is 23.2 Å². The molecule has 1 heterocycles. The van der Waals surface area contributed by atoms with Crippen LogP contribution in [0.4, 0.5) is 0 Å². The molecule has 0 aliphatic heterocycles. The van der Waals surface area contributed by atoms with Crippen LogP contribution in [0.25, 0.3) is 10.9 Å². The molecule has 24 heavy (non-hydrogen) atoms. The fourth-order valence-corrected chi connectivity index (χ4v) is 3.79. The Morgan fingerprint density at radius 3 is 2.83 bits per heavy atom. The van der Waals surface area contributed by atoms with Crippen LogP contribution in [0.3, 0.4) is 0 Å². The summed E-state index contributed by atoms with van der Waals surface area (Å²) >= 11 is 12.0. The van der Waals surface area contributed by atoms with Crippen molar-refractivity contribution in [2.24, 2.45) is 5.92 Å². The summed E-state index contributed by atoms with van der Waals surface area (Å²) in [4.78, 5) is 29.0. The van der Waals surface area contributed by atoms with Gasteiger partial charge >= 0.3 is 0 Å². The van der Waals surface area contributed by atoms with Crippen LogP contribution in [-0.4, -0.2) is 21.5 Å².